The molecular formula is C12H16N2O. The van der Waals surface area contributed by atoms with Crippen molar-refractivity contribution in [1.82, 2.24) is 5.32 Å². The Morgan fingerprint density at radius 2 is 2.13 bits per heavy atom. The van der Waals surface area contributed by atoms with Gasteiger partial charge in [-0.15, -0.1) is 0 Å². The van der Waals surface area contributed by atoms with E-state index >= 15 is 0 Å². The summed E-state index contributed by atoms with van der Waals surface area (Å²) in [5.41, 5.74) is 3.42. The lowest BCUT2D eigenvalue weighted by Crippen LogP contribution is -2.46. The van der Waals surface area contributed by atoms with E-state index in [0.717, 1.165) is 30.8 Å². The minimum absolute atomic E-state index is 0.0215. The molecule has 1 heterocycles. The molecule has 80 valence electrons. The Morgan fingerprint density at radius 3 is 2.80 bits per heavy atom. The molecular weight excluding hydrogens is 188 g/mol. The van der Waals surface area contributed by atoms with Gasteiger partial charge in [-0.25, -0.2) is 4.79 Å². The Labute approximate surface area is 90.1 Å². The molecule has 1 aromatic rings. The molecule has 0 unspecified atom stereocenters. The summed E-state index contributed by atoms with van der Waals surface area (Å²) in [4.78, 5) is 13.5. The van der Waals surface area contributed by atoms with E-state index in [1.165, 1.54) is 5.56 Å². The predicted molar refractivity (Wildman–Crippen MR) is 61.3 cm³/mol. The second-order valence-electron chi connectivity index (χ2n) is 4.03. The number of rotatable bonds is 1. The third-order valence-corrected chi connectivity index (χ3v) is 2.72. The van der Waals surface area contributed by atoms with Gasteiger partial charge in [-0.3, -0.25) is 4.90 Å². The minimum atomic E-state index is 0.0215. The fourth-order valence-corrected chi connectivity index (χ4v) is 1.97. The summed E-state index contributed by atoms with van der Waals surface area (Å²) in [5, 5.41) is 2.86. The lowest BCUT2D eigenvalue weighted by atomic mass is 10.1. The number of aryl methyl sites for hydroxylation is 2. The van der Waals surface area contributed by atoms with Crippen molar-refractivity contribution in [3.8, 4) is 0 Å². The standard InChI is InChI=1S/C12H16N2O/c1-9-4-5-11(10(2)8-9)14-7-3-6-13-12(14)15/h4-5,8H,3,6-7H2,1-2H3,(H,13,15). The molecule has 1 fully saturated rings. The molecule has 0 spiro atoms. The second kappa shape index (κ2) is 3.93. The van der Waals surface area contributed by atoms with Crippen LogP contribution in [0.1, 0.15) is 17.5 Å². The molecule has 1 aliphatic heterocycles. The molecule has 3 nitrogen and oxygen atoms in total. The van der Waals surface area contributed by atoms with Gasteiger partial charge in [-0.2, -0.15) is 0 Å². The summed E-state index contributed by atoms with van der Waals surface area (Å²) in [6.45, 7) is 5.72. The first-order valence-electron chi connectivity index (χ1n) is 5.31. The van der Waals surface area contributed by atoms with Gasteiger partial charge in [0.2, 0.25) is 0 Å². The lowest BCUT2D eigenvalue weighted by molar-refractivity contribution is 0.243. The van der Waals surface area contributed by atoms with E-state index in [9.17, 15) is 4.79 Å². The number of carbonyl (C=O) groups is 1. The van der Waals surface area contributed by atoms with Crippen LogP contribution in [0.3, 0.4) is 0 Å². The maximum atomic E-state index is 11.6. The molecule has 2 amide bonds. The van der Waals surface area contributed by atoms with Crippen LogP contribution in [0.15, 0.2) is 18.2 Å². The molecule has 0 aliphatic carbocycles. The Kier molecular flexibility index (Phi) is 2.62. The smallest absolute Gasteiger partial charge is 0.321 e. The van der Waals surface area contributed by atoms with E-state index in [1.807, 2.05) is 24.0 Å². The van der Waals surface area contributed by atoms with Crippen molar-refractivity contribution < 1.29 is 4.79 Å². The monoisotopic (exact) mass is 204 g/mol. The summed E-state index contributed by atoms with van der Waals surface area (Å²) in [7, 11) is 0. The van der Waals surface area contributed by atoms with Gasteiger partial charge in [0.05, 0.1) is 0 Å². The van der Waals surface area contributed by atoms with E-state index < -0.39 is 0 Å². The van der Waals surface area contributed by atoms with Crippen LogP contribution < -0.4 is 10.2 Å². The Hall–Kier alpha value is -1.51. The van der Waals surface area contributed by atoms with Crippen molar-refractivity contribution in [2.75, 3.05) is 18.0 Å². The summed E-state index contributed by atoms with van der Waals surface area (Å²) in [5.74, 6) is 0. The molecule has 0 radical (unpaired) electrons. The average Bonchev–Trinajstić information content (AvgIpc) is 2.20. The van der Waals surface area contributed by atoms with Crippen LogP contribution in [0.4, 0.5) is 10.5 Å². The molecule has 1 aliphatic rings. The number of urea groups is 1. The van der Waals surface area contributed by atoms with Crippen LogP contribution in [0.5, 0.6) is 0 Å². The highest BCUT2D eigenvalue weighted by Crippen LogP contribution is 2.22. The van der Waals surface area contributed by atoms with Crippen molar-refractivity contribution in [2.24, 2.45) is 0 Å². The lowest BCUT2D eigenvalue weighted by Gasteiger charge is -2.28. The third kappa shape index (κ3) is 1.96. The van der Waals surface area contributed by atoms with E-state index in [4.69, 9.17) is 0 Å². The highest BCUT2D eigenvalue weighted by molar-refractivity contribution is 5.93. The van der Waals surface area contributed by atoms with Gasteiger partial charge >= 0.3 is 6.03 Å². The highest BCUT2D eigenvalue weighted by Gasteiger charge is 2.20. The number of hydrogen-bond donors (Lipinski definition) is 1. The molecule has 15 heavy (non-hydrogen) atoms. The van der Waals surface area contributed by atoms with Gasteiger partial charge in [0, 0.05) is 18.8 Å². The molecule has 2 rings (SSSR count). The maximum Gasteiger partial charge on any atom is 0.321 e. The Balaban J connectivity index is 2.31. The number of carbonyl (C=O) groups excluding carboxylic acids is 1. The molecule has 0 atom stereocenters. The highest BCUT2D eigenvalue weighted by atomic mass is 16.2. The van der Waals surface area contributed by atoms with Crippen LogP contribution in [-0.2, 0) is 0 Å². The zero-order valence-corrected chi connectivity index (χ0v) is 9.21. The zero-order chi connectivity index (χ0) is 10.8. The third-order valence-electron chi connectivity index (χ3n) is 2.72. The topological polar surface area (TPSA) is 32.3 Å². The number of anilines is 1. The number of nitrogens with zero attached hydrogens (tertiary/aromatic N) is 1. The molecule has 0 aromatic heterocycles. The van der Waals surface area contributed by atoms with Gasteiger partial charge in [0.15, 0.2) is 0 Å². The number of benzene rings is 1. The van der Waals surface area contributed by atoms with Crippen LogP contribution >= 0.6 is 0 Å². The maximum absolute atomic E-state index is 11.6. The van der Waals surface area contributed by atoms with E-state index in [1.54, 1.807) is 0 Å². The molecule has 1 N–H and O–H groups in total. The SMILES string of the molecule is Cc1ccc(N2CCCNC2=O)c(C)c1. The first-order valence-corrected chi connectivity index (χ1v) is 5.31. The molecule has 0 bridgehead atoms. The van der Waals surface area contributed by atoms with Crippen LogP contribution in [0.25, 0.3) is 0 Å². The minimum Gasteiger partial charge on any atom is -0.338 e. The van der Waals surface area contributed by atoms with E-state index in [2.05, 4.69) is 18.3 Å². The van der Waals surface area contributed by atoms with Crippen LogP contribution in [0.2, 0.25) is 0 Å². The van der Waals surface area contributed by atoms with Gasteiger partial charge in [0.1, 0.15) is 0 Å². The fourth-order valence-electron chi connectivity index (χ4n) is 1.97. The van der Waals surface area contributed by atoms with Gasteiger partial charge in [-0.1, -0.05) is 17.7 Å². The molecule has 1 saturated heterocycles. The fraction of sp³-hybridized carbons (Fsp3) is 0.417. The summed E-state index contributed by atoms with van der Waals surface area (Å²) >= 11 is 0. The number of amides is 2. The normalized spacial score (nSPS) is 16.4. The van der Waals surface area contributed by atoms with Crippen molar-refractivity contribution in [3.05, 3.63) is 29.3 Å². The summed E-state index contributed by atoms with van der Waals surface area (Å²) < 4.78 is 0. The molecule has 1 aromatic carbocycles. The Morgan fingerprint density at radius 1 is 1.33 bits per heavy atom. The van der Waals surface area contributed by atoms with Crippen molar-refractivity contribution >= 4 is 11.7 Å². The van der Waals surface area contributed by atoms with Gasteiger partial charge in [0.25, 0.3) is 0 Å². The zero-order valence-electron chi connectivity index (χ0n) is 9.21. The number of nitrogens with one attached hydrogen (secondary N) is 1. The average molecular weight is 204 g/mol. The van der Waals surface area contributed by atoms with Crippen molar-refractivity contribution in [2.45, 2.75) is 20.3 Å². The van der Waals surface area contributed by atoms with Gasteiger partial charge in [-0.05, 0) is 31.9 Å². The summed E-state index contributed by atoms with van der Waals surface area (Å²) in [6.07, 6.45) is 1.01. The first-order chi connectivity index (χ1) is 7.18. The predicted octanol–water partition coefficient (Wildman–Crippen LogP) is 2.22. The van der Waals surface area contributed by atoms with Crippen LogP contribution in [0, 0.1) is 13.8 Å². The Bertz CT molecular complexity index is 387. The summed E-state index contributed by atoms with van der Waals surface area (Å²) in [6, 6.07) is 6.20. The van der Waals surface area contributed by atoms with E-state index in [-0.39, 0.29) is 6.03 Å². The largest absolute Gasteiger partial charge is 0.338 e. The number of hydrogen-bond acceptors (Lipinski definition) is 1. The van der Waals surface area contributed by atoms with Gasteiger partial charge < -0.3 is 5.32 Å². The quantitative estimate of drug-likeness (QED) is 0.747. The van der Waals surface area contributed by atoms with Crippen molar-refractivity contribution in [1.29, 1.82) is 0 Å². The second-order valence-corrected chi connectivity index (χ2v) is 4.03. The van der Waals surface area contributed by atoms with E-state index in [0.29, 0.717) is 0 Å². The molecule has 3 heteroatoms. The van der Waals surface area contributed by atoms with Crippen LogP contribution in [-0.4, -0.2) is 19.1 Å². The molecule has 0 saturated carbocycles. The first kappa shape index (κ1) is 10.0. The van der Waals surface area contributed by atoms with Crippen molar-refractivity contribution in [3.63, 3.8) is 0 Å².